The van der Waals surface area contributed by atoms with Crippen LogP contribution in [-0.4, -0.2) is 56.8 Å². The van der Waals surface area contributed by atoms with Crippen LogP contribution in [0, 0.1) is 5.41 Å². The molecule has 4 N–H and O–H groups in total. The largest absolute Gasteiger partial charge is 0.465 e. The number of carbonyl (C=O) groups is 2. The highest BCUT2D eigenvalue weighted by molar-refractivity contribution is 7.52. The zero-order valence-electron chi connectivity index (χ0n) is 23.9. The van der Waals surface area contributed by atoms with Crippen molar-refractivity contribution >= 4 is 43.0 Å². The Kier molecular flexibility index (Phi) is 9.50. The van der Waals surface area contributed by atoms with E-state index in [2.05, 4.69) is 20.0 Å². The first-order valence-corrected chi connectivity index (χ1v) is 15.0. The van der Waals surface area contributed by atoms with Crippen molar-refractivity contribution in [2.24, 2.45) is 5.41 Å². The zero-order chi connectivity index (χ0) is 30.5. The van der Waals surface area contributed by atoms with E-state index in [1.807, 2.05) is 6.92 Å². The molecule has 0 amide bonds. The monoisotopic (exact) mass is 602 g/mol. The number of hydrogen-bond donors (Lipinski definition) is 3. The molecular formula is C27H35N6O8P. The minimum atomic E-state index is -4.18. The second kappa shape index (κ2) is 12.9. The fraction of sp³-hybridized carbons (Fsp3) is 0.444. The van der Waals surface area contributed by atoms with Crippen LogP contribution in [0.25, 0.3) is 17.4 Å². The number of H-pyrrole nitrogens is 1. The Balaban J connectivity index is 1.58. The van der Waals surface area contributed by atoms with Gasteiger partial charge >= 0.3 is 19.7 Å². The van der Waals surface area contributed by atoms with Gasteiger partial charge in [0, 0.05) is 13.1 Å². The lowest BCUT2D eigenvalue weighted by Gasteiger charge is -2.25. The second-order valence-electron chi connectivity index (χ2n) is 10.2. The molecule has 226 valence electrons. The summed E-state index contributed by atoms with van der Waals surface area (Å²) in [5.41, 5.74) is 5.43. The fourth-order valence-electron chi connectivity index (χ4n) is 4.25. The minimum Gasteiger partial charge on any atom is -0.465 e. The molecule has 1 aromatic carbocycles. The van der Waals surface area contributed by atoms with E-state index < -0.39 is 36.7 Å². The number of nitrogens with zero attached hydrogens (tertiary/aromatic N) is 3. The average molecular weight is 603 g/mol. The maximum absolute atomic E-state index is 14.0. The Labute approximate surface area is 242 Å². The molecule has 14 nitrogen and oxygen atoms in total. The fourth-order valence-corrected chi connectivity index (χ4v) is 5.83. The van der Waals surface area contributed by atoms with E-state index in [1.165, 1.54) is 24.7 Å². The van der Waals surface area contributed by atoms with Crippen molar-refractivity contribution in [1.82, 2.24) is 24.6 Å². The van der Waals surface area contributed by atoms with Crippen LogP contribution < -0.4 is 20.9 Å². The van der Waals surface area contributed by atoms with E-state index in [4.69, 9.17) is 24.3 Å². The number of nitrogens with one attached hydrogen (secondary N) is 2. The molecule has 0 unspecified atom stereocenters. The summed E-state index contributed by atoms with van der Waals surface area (Å²) in [6.07, 6.45) is 4.70. The number of esters is 2. The number of anilines is 1. The molecule has 0 radical (unpaired) electrons. The molecule has 0 saturated heterocycles. The first-order chi connectivity index (χ1) is 19.9. The van der Waals surface area contributed by atoms with Crippen LogP contribution >= 0.6 is 7.75 Å². The van der Waals surface area contributed by atoms with Gasteiger partial charge in [-0.2, -0.15) is 10.1 Å². The maximum atomic E-state index is 14.0. The lowest BCUT2D eigenvalue weighted by Crippen LogP contribution is -2.37. The summed E-state index contributed by atoms with van der Waals surface area (Å²) < 4.78 is 38.0. The van der Waals surface area contributed by atoms with Gasteiger partial charge in [-0.05, 0) is 44.4 Å². The van der Waals surface area contributed by atoms with Gasteiger partial charge in [0.1, 0.15) is 24.7 Å². The van der Waals surface area contributed by atoms with Gasteiger partial charge in [-0.15, -0.1) is 0 Å². The van der Waals surface area contributed by atoms with E-state index in [0.29, 0.717) is 12.8 Å². The third kappa shape index (κ3) is 7.64. The quantitative estimate of drug-likeness (QED) is 0.180. The van der Waals surface area contributed by atoms with Crippen molar-refractivity contribution in [1.29, 1.82) is 0 Å². The van der Waals surface area contributed by atoms with Crippen LogP contribution in [0.5, 0.6) is 5.75 Å². The number of rotatable bonds is 14. The number of carbonyl (C=O) groups excluding carboxylic acids is 2. The molecule has 1 aliphatic carbocycles. The zero-order valence-corrected chi connectivity index (χ0v) is 24.8. The van der Waals surface area contributed by atoms with Gasteiger partial charge in [-0.1, -0.05) is 31.5 Å². The van der Waals surface area contributed by atoms with Crippen molar-refractivity contribution in [2.45, 2.75) is 59.1 Å². The second-order valence-corrected chi connectivity index (χ2v) is 11.9. The number of aromatic nitrogens is 4. The number of para-hydroxylation sites is 1. The van der Waals surface area contributed by atoms with Crippen molar-refractivity contribution in [3.05, 3.63) is 52.6 Å². The van der Waals surface area contributed by atoms with E-state index in [9.17, 15) is 18.9 Å². The highest BCUT2D eigenvalue weighted by Crippen LogP contribution is 2.56. The molecule has 15 heteroatoms. The summed E-state index contributed by atoms with van der Waals surface area (Å²) in [7, 11) is -4.18. The lowest BCUT2D eigenvalue weighted by molar-refractivity contribution is -0.150. The number of imidazole rings is 1. The number of ether oxygens (including phenoxy) is 2. The van der Waals surface area contributed by atoms with Crippen LogP contribution in [0.4, 0.5) is 5.95 Å². The lowest BCUT2D eigenvalue weighted by atomic mass is 10.1. The molecule has 3 aromatic rings. The Morgan fingerprint density at radius 1 is 1.26 bits per heavy atom. The van der Waals surface area contributed by atoms with Crippen LogP contribution in [0.15, 0.2) is 47.0 Å². The van der Waals surface area contributed by atoms with Crippen LogP contribution in [0.2, 0.25) is 0 Å². The highest BCUT2D eigenvalue weighted by Gasteiger charge is 2.52. The molecule has 2 aromatic heterocycles. The van der Waals surface area contributed by atoms with E-state index in [1.54, 1.807) is 43.5 Å². The van der Waals surface area contributed by atoms with Crippen LogP contribution in [0.1, 0.15) is 47.0 Å². The number of aromatic amines is 1. The Bertz CT molecular complexity index is 1570. The number of nitrogens with two attached hydrogens (primary N) is 1. The van der Waals surface area contributed by atoms with E-state index in [-0.39, 0.29) is 42.2 Å². The number of hydrogen-bond acceptors (Lipinski definition) is 11. The molecule has 42 heavy (non-hydrogen) atoms. The molecule has 1 fully saturated rings. The number of nitrogen functional groups attached to an aromatic ring is 1. The summed E-state index contributed by atoms with van der Waals surface area (Å²) in [5.74, 6) is -0.923. The summed E-state index contributed by atoms with van der Waals surface area (Å²) in [6, 6.07) is 7.36. The Hall–Kier alpha value is -4.00. The summed E-state index contributed by atoms with van der Waals surface area (Å²) in [4.78, 5) is 47.2. The van der Waals surface area contributed by atoms with Crippen molar-refractivity contribution in [3.8, 4) is 5.75 Å². The molecule has 0 aliphatic heterocycles. The number of benzene rings is 1. The third-order valence-corrected chi connectivity index (χ3v) is 8.20. The van der Waals surface area contributed by atoms with Gasteiger partial charge in [0.2, 0.25) is 5.95 Å². The molecule has 4 atom stereocenters. The molecule has 0 bridgehead atoms. The third-order valence-electron chi connectivity index (χ3n) is 6.58. The molecule has 1 saturated carbocycles. The molecule has 2 heterocycles. The maximum Gasteiger partial charge on any atom is 0.459 e. The van der Waals surface area contributed by atoms with E-state index >= 15 is 0 Å². The normalized spacial score (nSPS) is 20.0. The van der Waals surface area contributed by atoms with Crippen molar-refractivity contribution in [3.63, 3.8) is 0 Å². The van der Waals surface area contributed by atoms with Gasteiger partial charge < -0.3 is 19.7 Å². The van der Waals surface area contributed by atoms with Crippen LogP contribution in [-0.2, 0) is 28.2 Å². The van der Waals surface area contributed by atoms with E-state index in [0.717, 1.165) is 12.0 Å². The van der Waals surface area contributed by atoms with Crippen LogP contribution in [0.3, 0.4) is 0 Å². The SMILES string of the molecule is CCC[C@H](C)OC(=O)[C@H](C)N[P@](=O)(OC[C@]1(COC(C)=O)C/C1=C/n1cnc2c(=O)[nH]c(N)nc21)Oc1ccccc1. The first kappa shape index (κ1) is 30.9. The summed E-state index contributed by atoms with van der Waals surface area (Å²) in [5, 5.41) is 2.68. The molecule has 1 aliphatic rings. The Morgan fingerprint density at radius 2 is 2.00 bits per heavy atom. The van der Waals surface area contributed by atoms with Gasteiger partial charge in [-0.25, -0.2) is 9.55 Å². The molecule has 0 spiro atoms. The standard InChI is InChI=1S/C27H35N6O8P/c1-5-9-17(2)40-25(36)18(3)32-42(37,41-21-10-7-6-8-11-21)39-15-27(14-38-19(4)34)12-20(27)13-33-16-29-22-23(33)30-26(28)31-24(22)35/h6-8,10-11,13,16-18H,5,9,12,14-15H2,1-4H3,(H,32,37)(H3,28,30,31,35)/b20-13-/t17-,18-,27+,42-/m0/s1. The smallest absolute Gasteiger partial charge is 0.459 e. The highest BCUT2D eigenvalue weighted by atomic mass is 31.2. The molecular weight excluding hydrogens is 567 g/mol. The predicted octanol–water partition coefficient (Wildman–Crippen LogP) is 3.41. The predicted molar refractivity (Wildman–Crippen MR) is 154 cm³/mol. The number of fused-ring (bicyclic) bond motifs is 1. The van der Waals surface area contributed by atoms with Gasteiger partial charge in [0.15, 0.2) is 11.2 Å². The first-order valence-electron chi connectivity index (χ1n) is 13.5. The van der Waals surface area contributed by atoms with Gasteiger partial charge in [0.05, 0.1) is 18.1 Å². The van der Waals surface area contributed by atoms with Crippen molar-refractivity contribution < 1.29 is 32.7 Å². The van der Waals surface area contributed by atoms with Gasteiger partial charge in [-0.3, -0.25) is 28.5 Å². The topological polar surface area (TPSA) is 190 Å². The minimum absolute atomic E-state index is 0.0697. The molecule has 4 rings (SSSR count). The summed E-state index contributed by atoms with van der Waals surface area (Å²) in [6.45, 7) is 6.28. The Morgan fingerprint density at radius 3 is 2.69 bits per heavy atom. The van der Waals surface area contributed by atoms with Gasteiger partial charge in [0.25, 0.3) is 5.56 Å². The van der Waals surface area contributed by atoms with Crippen molar-refractivity contribution in [2.75, 3.05) is 18.9 Å². The average Bonchev–Trinajstić information content (AvgIpc) is 3.46. The summed E-state index contributed by atoms with van der Waals surface area (Å²) >= 11 is 0.